The van der Waals surface area contributed by atoms with Crippen molar-refractivity contribution >= 4 is 34.1 Å². The number of para-hydroxylation sites is 2. The van der Waals surface area contributed by atoms with Crippen LogP contribution < -0.4 is 11.1 Å². The zero-order chi connectivity index (χ0) is 16.7. The molecule has 0 aliphatic rings. The van der Waals surface area contributed by atoms with Crippen LogP contribution in [0.2, 0.25) is 0 Å². The summed E-state index contributed by atoms with van der Waals surface area (Å²) >= 11 is 0. The maximum atomic E-state index is 11.2. The third-order valence-electron chi connectivity index (χ3n) is 3.80. The van der Waals surface area contributed by atoms with E-state index in [4.69, 9.17) is 5.73 Å². The van der Waals surface area contributed by atoms with Gasteiger partial charge in [-0.25, -0.2) is 9.97 Å². The molecule has 118 valence electrons. The first-order valence-electron chi connectivity index (χ1n) is 7.53. The average Bonchev–Trinajstić information content (AvgIpc) is 2.94. The number of hydrogen-bond acceptors (Lipinski definition) is 4. The average molecular weight is 317 g/mol. The molecule has 2 aromatic heterocycles. The lowest BCUT2D eigenvalue weighted by Crippen LogP contribution is -2.05. The van der Waals surface area contributed by atoms with Crippen molar-refractivity contribution in [2.24, 2.45) is 0 Å². The third-order valence-corrected chi connectivity index (χ3v) is 3.80. The van der Waals surface area contributed by atoms with Crippen molar-refractivity contribution in [3.8, 4) is 11.3 Å². The molecule has 0 aliphatic heterocycles. The number of nitrogens with one attached hydrogen (secondary N) is 1. The van der Waals surface area contributed by atoms with Crippen molar-refractivity contribution in [2.45, 2.75) is 6.92 Å². The summed E-state index contributed by atoms with van der Waals surface area (Å²) in [5.41, 5.74) is 10.9. The van der Waals surface area contributed by atoms with E-state index in [1.54, 1.807) is 0 Å². The Morgan fingerprint density at radius 2 is 1.96 bits per heavy atom. The van der Waals surface area contributed by atoms with Gasteiger partial charge in [-0.05, 0) is 24.3 Å². The van der Waals surface area contributed by atoms with E-state index in [1.165, 1.54) is 6.92 Å². The highest BCUT2D eigenvalue weighted by molar-refractivity contribution is 5.89. The zero-order valence-corrected chi connectivity index (χ0v) is 13.0. The molecule has 24 heavy (non-hydrogen) atoms. The molecule has 0 saturated carbocycles. The van der Waals surface area contributed by atoms with E-state index in [0.29, 0.717) is 11.5 Å². The highest BCUT2D eigenvalue weighted by Gasteiger charge is 2.11. The molecule has 3 N–H and O–H groups in total. The Kier molecular flexibility index (Phi) is 3.16. The molecule has 2 aromatic carbocycles. The van der Waals surface area contributed by atoms with Gasteiger partial charge in [-0.1, -0.05) is 24.3 Å². The number of benzene rings is 2. The Bertz CT molecular complexity index is 1080. The highest BCUT2D eigenvalue weighted by atomic mass is 16.1. The number of anilines is 2. The minimum absolute atomic E-state index is 0.115. The molecule has 4 aromatic rings. The number of nitrogen functional groups attached to an aromatic ring is 1. The largest absolute Gasteiger partial charge is 0.381 e. The minimum Gasteiger partial charge on any atom is -0.381 e. The van der Waals surface area contributed by atoms with Crippen LogP contribution in [0.4, 0.5) is 11.5 Å². The van der Waals surface area contributed by atoms with Crippen LogP contribution in [-0.4, -0.2) is 20.3 Å². The third kappa shape index (κ3) is 2.34. The molecule has 0 spiro atoms. The maximum Gasteiger partial charge on any atom is 0.221 e. The fraction of sp³-hybridized carbons (Fsp3) is 0.0556. The van der Waals surface area contributed by atoms with E-state index in [0.717, 1.165) is 28.0 Å². The van der Waals surface area contributed by atoms with Crippen molar-refractivity contribution in [1.82, 2.24) is 14.4 Å². The summed E-state index contributed by atoms with van der Waals surface area (Å²) in [6.45, 7) is 1.48. The number of nitrogens with zero attached hydrogens (tertiary/aromatic N) is 3. The first kappa shape index (κ1) is 14.2. The molecule has 6 nitrogen and oxygen atoms in total. The van der Waals surface area contributed by atoms with Gasteiger partial charge in [-0.2, -0.15) is 0 Å². The number of hydrogen-bond donors (Lipinski definition) is 2. The van der Waals surface area contributed by atoms with Gasteiger partial charge in [0, 0.05) is 24.4 Å². The summed E-state index contributed by atoms with van der Waals surface area (Å²) < 4.78 is 1.94. The fourth-order valence-corrected chi connectivity index (χ4v) is 2.79. The maximum absolute atomic E-state index is 11.2. The SMILES string of the molecule is CC(=O)Nc1cccc(-c2cn3c(nc4ccccc43)c(N)n2)c1. The van der Waals surface area contributed by atoms with E-state index < -0.39 is 0 Å². The second-order valence-electron chi connectivity index (χ2n) is 5.57. The van der Waals surface area contributed by atoms with Crippen LogP contribution in [0.3, 0.4) is 0 Å². The van der Waals surface area contributed by atoms with Crippen molar-refractivity contribution in [1.29, 1.82) is 0 Å². The quantitative estimate of drug-likeness (QED) is 0.595. The zero-order valence-electron chi connectivity index (χ0n) is 13.0. The van der Waals surface area contributed by atoms with Gasteiger partial charge in [-0.3, -0.25) is 9.20 Å². The summed E-state index contributed by atoms with van der Waals surface area (Å²) in [5, 5.41) is 2.77. The number of amides is 1. The van der Waals surface area contributed by atoms with E-state index in [1.807, 2.05) is 59.1 Å². The Balaban J connectivity index is 1.91. The summed E-state index contributed by atoms with van der Waals surface area (Å²) in [4.78, 5) is 20.2. The molecule has 0 aliphatic carbocycles. The normalized spacial score (nSPS) is 11.0. The van der Waals surface area contributed by atoms with Crippen molar-refractivity contribution < 1.29 is 4.79 Å². The Morgan fingerprint density at radius 3 is 2.79 bits per heavy atom. The van der Waals surface area contributed by atoms with Crippen LogP contribution in [0.25, 0.3) is 27.9 Å². The molecule has 0 radical (unpaired) electrons. The first-order chi connectivity index (χ1) is 11.6. The fourth-order valence-electron chi connectivity index (χ4n) is 2.79. The van der Waals surface area contributed by atoms with Gasteiger partial charge >= 0.3 is 0 Å². The number of imidazole rings is 1. The highest BCUT2D eigenvalue weighted by Crippen LogP contribution is 2.26. The van der Waals surface area contributed by atoms with E-state index in [2.05, 4.69) is 15.3 Å². The number of nitrogens with two attached hydrogens (primary N) is 1. The molecule has 0 unspecified atom stereocenters. The monoisotopic (exact) mass is 317 g/mol. The predicted octanol–water partition coefficient (Wildman–Crippen LogP) is 3.09. The molecule has 4 rings (SSSR count). The molecule has 0 fully saturated rings. The number of carbonyl (C=O) groups excluding carboxylic acids is 1. The second-order valence-corrected chi connectivity index (χ2v) is 5.57. The molecular formula is C18H15N5O. The molecule has 1 amide bonds. The summed E-state index contributed by atoms with van der Waals surface area (Å²) in [6.07, 6.45) is 1.91. The Labute approximate surface area is 138 Å². The predicted molar refractivity (Wildman–Crippen MR) is 94.6 cm³/mol. The second kappa shape index (κ2) is 5.34. The summed E-state index contributed by atoms with van der Waals surface area (Å²) in [5.74, 6) is 0.254. The van der Waals surface area contributed by atoms with Crippen LogP contribution in [0, 0.1) is 0 Å². The van der Waals surface area contributed by atoms with Crippen LogP contribution >= 0.6 is 0 Å². The number of rotatable bonds is 2. The summed E-state index contributed by atoms with van der Waals surface area (Å²) in [7, 11) is 0. The van der Waals surface area contributed by atoms with E-state index in [9.17, 15) is 4.79 Å². The van der Waals surface area contributed by atoms with Gasteiger partial charge in [-0.15, -0.1) is 0 Å². The lowest BCUT2D eigenvalue weighted by Gasteiger charge is -2.07. The van der Waals surface area contributed by atoms with Gasteiger partial charge in [0.05, 0.1) is 16.7 Å². The van der Waals surface area contributed by atoms with Crippen LogP contribution in [-0.2, 0) is 4.79 Å². The molecule has 0 bridgehead atoms. The van der Waals surface area contributed by atoms with Gasteiger partial charge in [0.1, 0.15) is 0 Å². The van der Waals surface area contributed by atoms with Gasteiger partial charge in [0.25, 0.3) is 0 Å². The number of fused-ring (bicyclic) bond motifs is 3. The lowest BCUT2D eigenvalue weighted by atomic mass is 10.1. The minimum atomic E-state index is -0.115. The van der Waals surface area contributed by atoms with Crippen LogP contribution in [0.1, 0.15) is 6.92 Å². The van der Waals surface area contributed by atoms with Crippen molar-refractivity contribution in [3.63, 3.8) is 0 Å². The first-order valence-corrected chi connectivity index (χ1v) is 7.53. The molecule has 0 saturated heterocycles. The van der Waals surface area contributed by atoms with Crippen molar-refractivity contribution in [3.05, 3.63) is 54.7 Å². The smallest absolute Gasteiger partial charge is 0.221 e. The van der Waals surface area contributed by atoms with Crippen LogP contribution in [0.5, 0.6) is 0 Å². The topological polar surface area (TPSA) is 85.3 Å². The standard InChI is InChI=1S/C18H15N5O/c1-11(24)20-13-6-4-5-12(9-13)15-10-23-16-8-3-2-7-14(16)22-18(23)17(19)21-15/h2-10H,1H3,(H2,19,21)(H,20,24). The van der Waals surface area contributed by atoms with Crippen molar-refractivity contribution in [2.75, 3.05) is 11.1 Å². The van der Waals surface area contributed by atoms with E-state index >= 15 is 0 Å². The Morgan fingerprint density at radius 1 is 1.12 bits per heavy atom. The van der Waals surface area contributed by atoms with E-state index in [-0.39, 0.29) is 5.91 Å². The molecular weight excluding hydrogens is 302 g/mol. The van der Waals surface area contributed by atoms with Gasteiger partial charge in [0.15, 0.2) is 11.5 Å². The lowest BCUT2D eigenvalue weighted by molar-refractivity contribution is -0.114. The van der Waals surface area contributed by atoms with Gasteiger partial charge in [0.2, 0.25) is 5.91 Å². The Hall–Kier alpha value is -3.41. The summed E-state index contributed by atoms with van der Waals surface area (Å²) in [6, 6.07) is 15.3. The van der Waals surface area contributed by atoms with Gasteiger partial charge < -0.3 is 11.1 Å². The molecule has 6 heteroatoms. The molecule has 2 heterocycles. The number of carbonyl (C=O) groups is 1. The molecule has 0 atom stereocenters. The number of aromatic nitrogens is 3. The van der Waals surface area contributed by atoms with Crippen LogP contribution in [0.15, 0.2) is 54.7 Å².